The quantitative estimate of drug-likeness (QED) is 0.549. The minimum Gasteiger partial charge on any atom is -0.391 e. The number of hydrogen-bond donors (Lipinski definition) is 1. The maximum Gasteiger partial charge on any atom is 0.0563 e. The van der Waals surface area contributed by atoms with E-state index >= 15 is 0 Å². The second-order valence-corrected chi connectivity index (χ2v) is 5.37. The summed E-state index contributed by atoms with van der Waals surface area (Å²) in [5.41, 5.74) is -0.500. The van der Waals surface area contributed by atoms with E-state index in [9.17, 15) is 0 Å². The zero-order valence-electron chi connectivity index (χ0n) is 7.83. The van der Waals surface area contributed by atoms with E-state index in [1.165, 1.54) is 0 Å². The zero-order chi connectivity index (χ0) is 9.00. The Morgan fingerprint density at radius 2 is 0.900 bits per heavy atom. The van der Waals surface area contributed by atoms with Crippen molar-refractivity contribution < 1.29 is 5.11 Å². The lowest BCUT2D eigenvalue weighted by atomic mass is 10.2. The van der Waals surface area contributed by atoms with Crippen LogP contribution < -0.4 is 0 Å². The van der Waals surface area contributed by atoms with Crippen LogP contribution in [0.15, 0.2) is 0 Å². The van der Waals surface area contributed by atoms with Crippen LogP contribution >= 0.6 is 11.6 Å². The fourth-order valence-corrected chi connectivity index (χ4v) is 0. The first-order valence-corrected chi connectivity index (χ1v) is 3.79. The van der Waals surface area contributed by atoms with Gasteiger partial charge in [-0.15, -0.1) is 11.6 Å². The molecule has 0 spiro atoms. The summed E-state index contributed by atoms with van der Waals surface area (Å²) in [7, 11) is 0. The van der Waals surface area contributed by atoms with Gasteiger partial charge in [0, 0.05) is 4.87 Å². The summed E-state index contributed by atoms with van der Waals surface area (Å²) in [4.78, 5) is -0.0278. The maximum absolute atomic E-state index is 8.52. The van der Waals surface area contributed by atoms with E-state index in [0.717, 1.165) is 0 Å². The molecule has 0 heterocycles. The zero-order valence-corrected chi connectivity index (χ0v) is 8.58. The topological polar surface area (TPSA) is 20.2 Å². The molecule has 0 aromatic heterocycles. The summed E-state index contributed by atoms with van der Waals surface area (Å²) in [5, 5.41) is 8.52. The van der Waals surface area contributed by atoms with Gasteiger partial charge in [0.2, 0.25) is 0 Å². The van der Waals surface area contributed by atoms with Crippen LogP contribution in [0, 0.1) is 0 Å². The molecule has 0 saturated heterocycles. The van der Waals surface area contributed by atoms with E-state index < -0.39 is 5.60 Å². The standard InChI is InChI=1S/C4H9Cl.C4H10O/c2*1-4(2,3)5/h1-3H3;5H,1-3H3. The average Bonchev–Trinajstić information content (AvgIpc) is 1.12. The monoisotopic (exact) mass is 166 g/mol. The van der Waals surface area contributed by atoms with Crippen LogP contribution in [0.3, 0.4) is 0 Å². The summed E-state index contributed by atoms with van der Waals surface area (Å²) in [5.74, 6) is 0. The molecule has 0 unspecified atom stereocenters. The van der Waals surface area contributed by atoms with Crippen LogP contribution in [-0.2, 0) is 0 Å². The summed E-state index contributed by atoms with van der Waals surface area (Å²) in [6.07, 6.45) is 0. The molecule has 0 saturated carbocycles. The highest BCUT2D eigenvalue weighted by Crippen LogP contribution is 2.07. The van der Waals surface area contributed by atoms with E-state index in [1.54, 1.807) is 20.8 Å². The lowest BCUT2D eigenvalue weighted by Crippen LogP contribution is -2.10. The molecule has 10 heavy (non-hydrogen) atoms. The van der Waals surface area contributed by atoms with Gasteiger partial charge < -0.3 is 5.11 Å². The predicted octanol–water partition coefficient (Wildman–Crippen LogP) is 2.80. The van der Waals surface area contributed by atoms with E-state index in [2.05, 4.69) is 0 Å². The maximum atomic E-state index is 8.52. The van der Waals surface area contributed by atoms with Crippen LogP contribution in [-0.4, -0.2) is 15.6 Å². The van der Waals surface area contributed by atoms with Crippen molar-refractivity contribution in [2.45, 2.75) is 52.0 Å². The molecule has 0 aromatic carbocycles. The van der Waals surface area contributed by atoms with Gasteiger partial charge in [-0.25, -0.2) is 0 Å². The minimum atomic E-state index is -0.500. The predicted molar refractivity (Wildman–Crippen MR) is 47.6 cm³/mol. The Kier molecular flexibility index (Phi) is 5.41. The Bertz CT molecular complexity index is 52.2. The number of hydrogen-bond acceptors (Lipinski definition) is 1. The Morgan fingerprint density at radius 3 is 0.900 bits per heavy atom. The molecule has 2 heteroatoms. The van der Waals surface area contributed by atoms with Crippen molar-refractivity contribution in [2.24, 2.45) is 0 Å². The Hall–Kier alpha value is 0.250. The van der Waals surface area contributed by atoms with Crippen LogP contribution in [0.2, 0.25) is 0 Å². The molecule has 0 rings (SSSR count). The van der Waals surface area contributed by atoms with Crippen LogP contribution in [0.5, 0.6) is 0 Å². The van der Waals surface area contributed by atoms with Crippen LogP contribution in [0.1, 0.15) is 41.5 Å². The van der Waals surface area contributed by atoms with Gasteiger partial charge >= 0.3 is 0 Å². The summed E-state index contributed by atoms with van der Waals surface area (Å²) >= 11 is 5.53. The Balaban J connectivity index is 0. The smallest absolute Gasteiger partial charge is 0.0563 e. The highest BCUT2D eigenvalue weighted by molar-refractivity contribution is 6.23. The third kappa shape index (κ3) is 6940. The lowest BCUT2D eigenvalue weighted by molar-refractivity contribution is 0.102. The highest BCUT2D eigenvalue weighted by Gasteiger charge is 1.99. The average molecular weight is 167 g/mol. The van der Waals surface area contributed by atoms with Gasteiger partial charge in [0.15, 0.2) is 0 Å². The molecule has 0 amide bonds. The number of aliphatic hydroxyl groups is 1. The second kappa shape index (κ2) is 4.20. The number of rotatable bonds is 0. The van der Waals surface area contributed by atoms with Crippen molar-refractivity contribution in [3.8, 4) is 0 Å². The van der Waals surface area contributed by atoms with Gasteiger partial charge in [-0.2, -0.15) is 0 Å². The lowest BCUT2D eigenvalue weighted by Gasteiger charge is -2.04. The van der Waals surface area contributed by atoms with Gasteiger partial charge in [0.05, 0.1) is 5.60 Å². The van der Waals surface area contributed by atoms with Crippen molar-refractivity contribution in [1.82, 2.24) is 0 Å². The molecule has 0 aliphatic heterocycles. The van der Waals surface area contributed by atoms with Crippen molar-refractivity contribution >= 4 is 11.6 Å². The third-order valence-electron chi connectivity index (χ3n) is 0. The normalized spacial score (nSPS) is 12.0. The SMILES string of the molecule is CC(C)(C)Cl.CC(C)(C)O. The first-order valence-electron chi connectivity index (χ1n) is 3.41. The fourth-order valence-electron chi connectivity index (χ4n) is 0. The fraction of sp³-hybridized carbons (Fsp3) is 1.00. The van der Waals surface area contributed by atoms with E-state index in [0.29, 0.717) is 0 Å². The second-order valence-electron chi connectivity index (χ2n) is 4.24. The van der Waals surface area contributed by atoms with Gasteiger partial charge in [0.1, 0.15) is 0 Å². The molecule has 0 aliphatic carbocycles. The van der Waals surface area contributed by atoms with Gasteiger partial charge in [-0.05, 0) is 41.5 Å². The van der Waals surface area contributed by atoms with Gasteiger partial charge in [0.25, 0.3) is 0 Å². The number of halogens is 1. The Labute approximate surface area is 69.4 Å². The summed E-state index contributed by atoms with van der Waals surface area (Å²) in [6.45, 7) is 11.1. The third-order valence-corrected chi connectivity index (χ3v) is 0. The number of alkyl halides is 1. The van der Waals surface area contributed by atoms with Crippen LogP contribution in [0.4, 0.5) is 0 Å². The highest BCUT2D eigenvalue weighted by atomic mass is 35.5. The van der Waals surface area contributed by atoms with E-state index in [1.807, 2.05) is 20.8 Å². The van der Waals surface area contributed by atoms with Gasteiger partial charge in [-0.1, -0.05) is 0 Å². The molecule has 1 nitrogen and oxygen atoms in total. The van der Waals surface area contributed by atoms with Crippen molar-refractivity contribution in [3.63, 3.8) is 0 Å². The molecular formula is C8H19ClO. The first kappa shape index (κ1) is 12.9. The molecular weight excluding hydrogens is 148 g/mol. The van der Waals surface area contributed by atoms with Crippen molar-refractivity contribution in [2.75, 3.05) is 0 Å². The summed E-state index contributed by atoms with van der Waals surface area (Å²) < 4.78 is 0. The first-order chi connectivity index (χ1) is 4.00. The van der Waals surface area contributed by atoms with Crippen LogP contribution in [0.25, 0.3) is 0 Å². The van der Waals surface area contributed by atoms with Crippen molar-refractivity contribution in [1.29, 1.82) is 0 Å². The van der Waals surface area contributed by atoms with Gasteiger partial charge in [-0.3, -0.25) is 0 Å². The molecule has 0 fully saturated rings. The Morgan fingerprint density at radius 1 is 0.900 bits per heavy atom. The van der Waals surface area contributed by atoms with E-state index in [4.69, 9.17) is 16.7 Å². The summed E-state index contributed by atoms with van der Waals surface area (Å²) in [6, 6.07) is 0. The largest absolute Gasteiger partial charge is 0.391 e. The van der Waals surface area contributed by atoms with E-state index in [-0.39, 0.29) is 4.87 Å². The molecule has 0 bridgehead atoms. The minimum absolute atomic E-state index is 0.0278. The molecule has 0 aromatic rings. The van der Waals surface area contributed by atoms with Crippen molar-refractivity contribution in [3.05, 3.63) is 0 Å². The molecule has 0 atom stereocenters. The molecule has 64 valence electrons. The molecule has 0 aliphatic rings. The molecule has 0 radical (unpaired) electrons. The molecule has 1 N–H and O–H groups in total.